The van der Waals surface area contributed by atoms with Gasteiger partial charge in [-0.15, -0.1) is 0 Å². The molecule has 33 heavy (non-hydrogen) atoms. The van der Waals surface area contributed by atoms with Crippen LogP contribution in [-0.2, 0) is 22.5 Å². The van der Waals surface area contributed by atoms with Gasteiger partial charge in [0.25, 0.3) is 0 Å². The molecule has 0 bridgehead atoms. The van der Waals surface area contributed by atoms with Crippen molar-refractivity contribution < 1.29 is 19.4 Å². The first kappa shape index (κ1) is 20.9. The lowest BCUT2D eigenvalue weighted by Crippen LogP contribution is -2.48. The summed E-state index contributed by atoms with van der Waals surface area (Å²) in [5.74, 6) is -1.32. The molecule has 5 rings (SSSR count). The number of H-pyrrole nitrogens is 1. The second-order valence-electron chi connectivity index (χ2n) is 8.14. The average Bonchev–Trinajstić information content (AvgIpc) is 3.22. The summed E-state index contributed by atoms with van der Waals surface area (Å²) in [4.78, 5) is 34.7. The van der Waals surface area contributed by atoms with Crippen molar-refractivity contribution in [2.75, 3.05) is 7.11 Å². The van der Waals surface area contributed by atoms with Crippen molar-refractivity contribution in [2.45, 2.75) is 25.0 Å². The molecule has 1 aliphatic heterocycles. The van der Waals surface area contributed by atoms with E-state index in [1.54, 1.807) is 24.4 Å². The van der Waals surface area contributed by atoms with Crippen LogP contribution >= 0.6 is 0 Å². The molecule has 1 unspecified atom stereocenters. The van der Waals surface area contributed by atoms with E-state index in [0.29, 0.717) is 13.0 Å². The Bertz CT molecular complexity index is 1330. The fraction of sp³-hybridized carbons (Fsp3) is 0.192. The maximum Gasteiger partial charge on any atom is 0.335 e. The number of pyridine rings is 1. The standard InChI is InChI=1S/C26H23N3O4/c1-33-26(32)22-14-19-18-9-2-3-10-20(18)28-23(19)24(21-11-4-5-12-27-21)29(22)15-16-7-6-8-17(13-16)25(30)31/h2-13,22,24,28H,14-15H2,1H3,(H,30,31)/t22-,24?/m0/s1. The SMILES string of the molecule is COC(=O)[C@@H]1Cc2c([nH]c3ccccc23)C(c2ccccn2)N1Cc1cccc(C(=O)O)c1. The summed E-state index contributed by atoms with van der Waals surface area (Å²) in [6.45, 7) is 0.358. The molecule has 7 heteroatoms. The van der Waals surface area contributed by atoms with Crippen LogP contribution in [0, 0.1) is 0 Å². The minimum atomic E-state index is -0.987. The molecule has 2 N–H and O–H groups in total. The number of carbonyl (C=O) groups excluding carboxylic acids is 1. The van der Waals surface area contributed by atoms with Gasteiger partial charge in [-0.2, -0.15) is 0 Å². The predicted octanol–water partition coefficient (Wildman–Crippen LogP) is 3.95. The van der Waals surface area contributed by atoms with Crippen molar-refractivity contribution in [1.29, 1.82) is 0 Å². The Labute approximate surface area is 190 Å². The number of rotatable bonds is 5. The van der Waals surface area contributed by atoms with Gasteiger partial charge in [0.05, 0.1) is 24.4 Å². The van der Waals surface area contributed by atoms with Crippen molar-refractivity contribution in [1.82, 2.24) is 14.9 Å². The molecule has 2 aromatic heterocycles. The molecule has 3 heterocycles. The number of esters is 1. The van der Waals surface area contributed by atoms with Crippen LogP contribution in [0.15, 0.2) is 72.9 Å². The van der Waals surface area contributed by atoms with Crippen LogP contribution in [0.2, 0.25) is 0 Å². The average molecular weight is 441 g/mol. The first-order chi connectivity index (χ1) is 16.1. The number of benzene rings is 2. The molecule has 166 valence electrons. The maximum absolute atomic E-state index is 13.0. The number of hydrogen-bond donors (Lipinski definition) is 2. The number of aromatic carboxylic acids is 1. The second-order valence-corrected chi connectivity index (χ2v) is 8.14. The van der Waals surface area contributed by atoms with Gasteiger partial charge in [-0.25, -0.2) is 4.79 Å². The van der Waals surface area contributed by atoms with Crippen LogP contribution < -0.4 is 0 Å². The van der Waals surface area contributed by atoms with Crippen molar-refractivity contribution in [3.8, 4) is 0 Å². The van der Waals surface area contributed by atoms with Crippen molar-refractivity contribution in [2.24, 2.45) is 0 Å². The molecule has 2 aromatic carbocycles. The van der Waals surface area contributed by atoms with Crippen LogP contribution in [-0.4, -0.2) is 45.1 Å². The topological polar surface area (TPSA) is 95.5 Å². The van der Waals surface area contributed by atoms with Gasteiger partial charge >= 0.3 is 11.9 Å². The minimum Gasteiger partial charge on any atom is -0.478 e. The van der Waals surface area contributed by atoms with Gasteiger partial charge in [-0.1, -0.05) is 36.4 Å². The molecule has 0 saturated heterocycles. The lowest BCUT2D eigenvalue weighted by molar-refractivity contribution is -0.148. The normalized spacial score (nSPS) is 18.1. The number of carboxylic acid groups (broad SMARTS) is 1. The Kier molecular flexibility index (Phi) is 5.40. The largest absolute Gasteiger partial charge is 0.478 e. The first-order valence-electron chi connectivity index (χ1n) is 10.7. The number of aromatic amines is 1. The quantitative estimate of drug-likeness (QED) is 0.456. The highest BCUT2D eigenvalue weighted by molar-refractivity contribution is 5.88. The number of para-hydroxylation sites is 1. The number of methoxy groups -OCH3 is 1. The summed E-state index contributed by atoms with van der Waals surface area (Å²) in [5.41, 5.74) is 4.87. The Morgan fingerprint density at radius 3 is 2.70 bits per heavy atom. The molecule has 0 amide bonds. The van der Waals surface area contributed by atoms with Gasteiger partial charge in [0.2, 0.25) is 0 Å². The fourth-order valence-electron chi connectivity index (χ4n) is 4.76. The summed E-state index contributed by atoms with van der Waals surface area (Å²) in [7, 11) is 1.39. The second kappa shape index (κ2) is 8.52. The van der Waals surface area contributed by atoms with Crippen molar-refractivity contribution in [3.63, 3.8) is 0 Å². The number of ether oxygens (including phenoxy) is 1. The number of carbonyl (C=O) groups is 2. The van der Waals surface area contributed by atoms with Gasteiger partial charge in [0, 0.05) is 35.8 Å². The van der Waals surface area contributed by atoms with E-state index in [1.165, 1.54) is 7.11 Å². The Morgan fingerprint density at radius 1 is 1.12 bits per heavy atom. The van der Waals surface area contributed by atoms with Crippen molar-refractivity contribution >= 4 is 22.8 Å². The van der Waals surface area contributed by atoms with Gasteiger partial charge in [0.15, 0.2) is 0 Å². The van der Waals surface area contributed by atoms with E-state index in [4.69, 9.17) is 4.74 Å². The number of nitrogens with one attached hydrogen (secondary N) is 1. The molecule has 4 aromatic rings. The zero-order valence-electron chi connectivity index (χ0n) is 18.1. The van der Waals surface area contributed by atoms with Gasteiger partial charge in [-0.3, -0.25) is 14.7 Å². The van der Waals surface area contributed by atoms with Crippen LogP contribution in [0.4, 0.5) is 0 Å². The summed E-state index contributed by atoms with van der Waals surface area (Å²) in [6.07, 6.45) is 2.22. The smallest absolute Gasteiger partial charge is 0.335 e. The molecule has 0 fully saturated rings. The lowest BCUT2D eigenvalue weighted by atomic mass is 9.89. The molecular weight excluding hydrogens is 418 g/mol. The monoisotopic (exact) mass is 441 g/mol. The molecule has 0 radical (unpaired) electrons. The molecular formula is C26H23N3O4. The van der Waals surface area contributed by atoms with E-state index in [1.807, 2.05) is 47.4 Å². The Balaban J connectivity index is 1.68. The highest BCUT2D eigenvalue weighted by atomic mass is 16.5. The number of fused-ring (bicyclic) bond motifs is 3. The van der Waals surface area contributed by atoms with Crippen LogP contribution in [0.1, 0.15) is 38.9 Å². The summed E-state index contributed by atoms with van der Waals surface area (Å²) < 4.78 is 5.20. The maximum atomic E-state index is 13.0. The van der Waals surface area contributed by atoms with E-state index in [0.717, 1.165) is 33.4 Å². The number of aromatic nitrogens is 2. The molecule has 0 spiro atoms. The van der Waals surface area contributed by atoms with Crippen LogP contribution in [0.25, 0.3) is 10.9 Å². The number of hydrogen-bond acceptors (Lipinski definition) is 5. The third-order valence-electron chi connectivity index (χ3n) is 6.23. The van der Waals surface area contributed by atoms with Crippen LogP contribution in [0.5, 0.6) is 0 Å². The third-order valence-corrected chi connectivity index (χ3v) is 6.23. The number of nitrogens with zero attached hydrogens (tertiary/aromatic N) is 2. The zero-order chi connectivity index (χ0) is 22.9. The molecule has 2 atom stereocenters. The van der Waals surface area contributed by atoms with E-state index >= 15 is 0 Å². The predicted molar refractivity (Wildman–Crippen MR) is 123 cm³/mol. The van der Waals surface area contributed by atoms with Gasteiger partial charge < -0.3 is 14.8 Å². The third kappa shape index (κ3) is 3.76. The first-order valence-corrected chi connectivity index (χ1v) is 10.7. The van der Waals surface area contributed by atoms with E-state index in [2.05, 4.69) is 16.0 Å². The molecule has 0 saturated carbocycles. The molecule has 0 aliphatic carbocycles. The molecule has 1 aliphatic rings. The van der Waals surface area contributed by atoms with Gasteiger partial charge in [-0.05, 0) is 41.5 Å². The van der Waals surface area contributed by atoms with E-state index in [9.17, 15) is 14.7 Å². The van der Waals surface area contributed by atoms with Crippen molar-refractivity contribution in [3.05, 3.63) is 101 Å². The fourth-order valence-corrected chi connectivity index (χ4v) is 4.76. The summed E-state index contributed by atoms with van der Waals surface area (Å²) >= 11 is 0. The highest BCUT2D eigenvalue weighted by Gasteiger charge is 2.42. The zero-order valence-corrected chi connectivity index (χ0v) is 18.1. The number of carboxylic acids is 1. The molecule has 7 nitrogen and oxygen atoms in total. The van der Waals surface area contributed by atoms with E-state index < -0.39 is 12.0 Å². The highest BCUT2D eigenvalue weighted by Crippen LogP contribution is 2.41. The summed E-state index contributed by atoms with van der Waals surface area (Å²) in [6, 6.07) is 19.7. The summed E-state index contributed by atoms with van der Waals surface area (Å²) in [5, 5.41) is 10.5. The van der Waals surface area contributed by atoms with Crippen LogP contribution in [0.3, 0.4) is 0 Å². The minimum absolute atomic E-state index is 0.208. The lowest BCUT2D eigenvalue weighted by Gasteiger charge is -2.40. The van der Waals surface area contributed by atoms with Gasteiger partial charge in [0.1, 0.15) is 6.04 Å². The van der Waals surface area contributed by atoms with E-state index in [-0.39, 0.29) is 17.6 Å². The Hall–Kier alpha value is -3.97. The Morgan fingerprint density at radius 2 is 1.94 bits per heavy atom.